The van der Waals surface area contributed by atoms with E-state index in [0.29, 0.717) is 21.4 Å². The zero-order chi connectivity index (χ0) is 13.0. The zero-order valence-electron chi connectivity index (χ0n) is 9.15. The van der Waals surface area contributed by atoms with Gasteiger partial charge in [-0.1, -0.05) is 29.3 Å². The molecule has 0 atom stereocenters. The molecule has 0 unspecified atom stereocenters. The molecule has 0 radical (unpaired) electrons. The van der Waals surface area contributed by atoms with Gasteiger partial charge in [-0.25, -0.2) is 0 Å². The number of benzene rings is 1. The maximum Gasteiger partial charge on any atom is 0.288 e. The van der Waals surface area contributed by atoms with Gasteiger partial charge in [-0.05, 0) is 30.3 Å². The molecule has 0 saturated carbocycles. The molecule has 18 heavy (non-hydrogen) atoms. The normalized spacial score (nSPS) is 9.89. The maximum absolute atomic E-state index is 11.7. The van der Waals surface area contributed by atoms with Crippen molar-refractivity contribution in [3.63, 3.8) is 0 Å². The van der Waals surface area contributed by atoms with E-state index in [0.717, 1.165) is 0 Å². The van der Waals surface area contributed by atoms with E-state index in [4.69, 9.17) is 23.2 Å². The van der Waals surface area contributed by atoms with Crippen molar-refractivity contribution in [2.75, 3.05) is 5.43 Å². The molecule has 6 heteroatoms. The van der Waals surface area contributed by atoms with E-state index in [-0.39, 0.29) is 5.91 Å². The SMILES string of the molecule is O=C(NNc1ccc(Cl)c(Cl)c1)c1ccccn1. The molecule has 1 heterocycles. The lowest BCUT2D eigenvalue weighted by atomic mass is 10.3. The Kier molecular flexibility index (Phi) is 4.02. The Labute approximate surface area is 114 Å². The molecule has 0 fully saturated rings. The van der Waals surface area contributed by atoms with Gasteiger partial charge in [0.15, 0.2) is 0 Å². The van der Waals surface area contributed by atoms with Crippen LogP contribution in [0.2, 0.25) is 10.0 Å². The summed E-state index contributed by atoms with van der Waals surface area (Å²) in [6.07, 6.45) is 1.55. The Morgan fingerprint density at radius 2 is 1.94 bits per heavy atom. The summed E-state index contributed by atoms with van der Waals surface area (Å²) in [4.78, 5) is 15.6. The Morgan fingerprint density at radius 3 is 2.61 bits per heavy atom. The molecule has 4 nitrogen and oxygen atoms in total. The van der Waals surface area contributed by atoms with Crippen molar-refractivity contribution in [2.24, 2.45) is 0 Å². The fourth-order valence-corrected chi connectivity index (χ4v) is 1.56. The second kappa shape index (κ2) is 5.71. The molecule has 0 aliphatic heterocycles. The lowest BCUT2D eigenvalue weighted by Gasteiger charge is -2.08. The topological polar surface area (TPSA) is 54.0 Å². The summed E-state index contributed by atoms with van der Waals surface area (Å²) in [5, 5.41) is 0.868. The summed E-state index contributed by atoms with van der Waals surface area (Å²) in [5.74, 6) is -0.332. The Hall–Kier alpha value is -1.78. The zero-order valence-corrected chi connectivity index (χ0v) is 10.7. The molecule has 0 aliphatic carbocycles. The maximum atomic E-state index is 11.7. The average molecular weight is 282 g/mol. The number of carbonyl (C=O) groups is 1. The van der Waals surface area contributed by atoms with Crippen LogP contribution in [0.1, 0.15) is 10.5 Å². The van der Waals surface area contributed by atoms with Gasteiger partial charge in [-0.2, -0.15) is 0 Å². The number of halogens is 2. The van der Waals surface area contributed by atoms with E-state index in [2.05, 4.69) is 15.8 Å². The molecule has 2 aromatic rings. The molecular weight excluding hydrogens is 273 g/mol. The quantitative estimate of drug-likeness (QED) is 0.850. The number of nitrogens with zero attached hydrogens (tertiary/aromatic N) is 1. The molecule has 1 amide bonds. The number of hydrazine groups is 1. The van der Waals surface area contributed by atoms with Crippen LogP contribution in [-0.4, -0.2) is 10.9 Å². The summed E-state index contributed by atoms with van der Waals surface area (Å²) in [6, 6.07) is 10.0. The molecule has 92 valence electrons. The summed E-state index contributed by atoms with van der Waals surface area (Å²) < 4.78 is 0. The van der Waals surface area contributed by atoms with Crippen molar-refractivity contribution in [2.45, 2.75) is 0 Å². The second-order valence-electron chi connectivity index (χ2n) is 3.42. The van der Waals surface area contributed by atoms with E-state index in [9.17, 15) is 4.79 Å². The Morgan fingerprint density at radius 1 is 1.11 bits per heavy atom. The number of rotatable bonds is 3. The van der Waals surface area contributed by atoms with Gasteiger partial charge in [0.1, 0.15) is 5.69 Å². The first-order valence-corrected chi connectivity index (χ1v) is 5.85. The van der Waals surface area contributed by atoms with Crippen LogP contribution in [0.3, 0.4) is 0 Å². The third-order valence-corrected chi connectivity index (χ3v) is 2.88. The minimum Gasteiger partial charge on any atom is -0.298 e. The van der Waals surface area contributed by atoms with Gasteiger partial charge >= 0.3 is 0 Å². The molecule has 0 saturated heterocycles. The van der Waals surface area contributed by atoms with E-state index < -0.39 is 0 Å². The van der Waals surface area contributed by atoms with E-state index in [1.807, 2.05) is 0 Å². The van der Waals surface area contributed by atoms with Gasteiger partial charge < -0.3 is 0 Å². The predicted molar refractivity (Wildman–Crippen MR) is 71.8 cm³/mol. The Balaban J connectivity index is 1.99. The molecule has 0 spiro atoms. The summed E-state index contributed by atoms with van der Waals surface area (Å²) >= 11 is 11.6. The van der Waals surface area contributed by atoms with Crippen LogP contribution in [0.15, 0.2) is 42.6 Å². The van der Waals surface area contributed by atoms with E-state index in [1.54, 1.807) is 42.6 Å². The van der Waals surface area contributed by atoms with Crippen LogP contribution in [-0.2, 0) is 0 Å². The largest absolute Gasteiger partial charge is 0.298 e. The highest BCUT2D eigenvalue weighted by molar-refractivity contribution is 6.42. The standard InChI is InChI=1S/C12H9Cl2N3O/c13-9-5-4-8(7-10(9)14)16-17-12(18)11-3-1-2-6-15-11/h1-7,16H,(H,17,18). The third-order valence-electron chi connectivity index (χ3n) is 2.14. The highest BCUT2D eigenvalue weighted by atomic mass is 35.5. The number of nitrogens with one attached hydrogen (secondary N) is 2. The van der Waals surface area contributed by atoms with Gasteiger partial charge in [0.05, 0.1) is 15.7 Å². The van der Waals surface area contributed by atoms with Crippen LogP contribution in [0.5, 0.6) is 0 Å². The van der Waals surface area contributed by atoms with Gasteiger partial charge in [0, 0.05) is 6.20 Å². The second-order valence-corrected chi connectivity index (χ2v) is 4.24. The van der Waals surface area contributed by atoms with Crippen molar-refractivity contribution in [3.05, 3.63) is 58.3 Å². The minimum atomic E-state index is -0.332. The molecule has 1 aromatic heterocycles. The van der Waals surface area contributed by atoms with Crippen molar-refractivity contribution >= 4 is 34.8 Å². The van der Waals surface area contributed by atoms with Crippen molar-refractivity contribution in [1.82, 2.24) is 10.4 Å². The van der Waals surface area contributed by atoms with Crippen molar-refractivity contribution < 1.29 is 4.79 Å². The highest BCUT2D eigenvalue weighted by Crippen LogP contribution is 2.24. The van der Waals surface area contributed by atoms with Gasteiger partial charge in [0.25, 0.3) is 5.91 Å². The molecular formula is C12H9Cl2N3O. The molecule has 2 rings (SSSR count). The summed E-state index contributed by atoms with van der Waals surface area (Å²) in [6.45, 7) is 0. The third kappa shape index (κ3) is 3.12. The van der Waals surface area contributed by atoms with Crippen LogP contribution < -0.4 is 10.9 Å². The molecule has 0 bridgehead atoms. The Bertz CT molecular complexity index is 561. The number of carbonyl (C=O) groups excluding carboxylic acids is 1. The lowest BCUT2D eigenvalue weighted by molar-refractivity contribution is 0.0958. The number of aromatic nitrogens is 1. The number of pyridine rings is 1. The van der Waals surface area contributed by atoms with Gasteiger partial charge in [-0.15, -0.1) is 0 Å². The first kappa shape index (κ1) is 12.7. The predicted octanol–water partition coefficient (Wildman–Crippen LogP) is 3.15. The first-order valence-electron chi connectivity index (χ1n) is 5.09. The first-order chi connectivity index (χ1) is 8.66. The van der Waals surface area contributed by atoms with Crippen molar-refractivity contribution in [3.8, 4) is 0 Å². The van der Waals surface area contributed by atoms with E-state index in [1.165, 1.54) is 0 Å². The van der Waals surface area contributed by atoms with Crippen LogP contribution in [0.4, 0.5) is 5.69 Å². The summed E-state index contributed by atoms with van der Waals surface area (Å²) in [7, 11) is 0. The van der Waals surface area contributed by atoms with Crippen molar-refractivity contribution in [1.29, 1.82) is 0 Å². The molecule has 2 N–H and O–H groups in total. The number of amides is 1. The smallest absolute Gasteiger partial charge is 0.288 e. The highest BCUT2D eigenvalue weighted by Gasteiger charge is 2.05. The fraction of sp³-hybridized carbons (Fsp3) is 0. The van der Waals surface area contributed by atoms with Crippen LogP contribution in [0.25, 0.3) is 0 Å². The van der Waals surface area contributed by atoms with Gasteiger partial charge in [-0.3, -0.25) is 20.6 Å². The average Bonchev–Trinajstić information content (AvgIpc) is 2.41. The number of hydrogen-bond donors (Lipinski definition) is 2. The van der Waals surface area contributed by atoms with Crippen LogP contribution in [0, 0.1) is 0 Å². The number of anilines is 1. The molecule has 1 aromatic carbocycles. The number of hydrogen-bond acceptors (Lipinski definition) is 3. The van der Waals surface area contributed by atoms with Gasteiger partial charge in [0.2, 0.25) is 0 Å². The van der Waals surface area contributed by atoms with Crippen LogP contribution >= 0.6 is 23.2 Å². The summed E-state index contributed by atoms with van der Waals surface area (Å²) in [5.41, 5.74) is 6.19. The lowest BCUT2D eigenvalue weighted by Crippen LogP contribution is -2.29. The minimum absolute atomic E-state index is 0.324. The van der Waals surface area contributed by atoms with E-state index >= 15 is 0 Å². The molecule has 0 aliphatic rings. The monoisotopic (exact) mass is 281 g/mol. The fourth-order valence-electron chi connectivity index (χ4n) is 1.26.